The number of nitrogens with one attached hydrogen (secondary N) is 2. The lowest BCUT2D eigenvalue weighted by molar-refractivity contribution is -0.0258. The van der Waals surface area contributed by atoms with Crippen molar-refractivity contribution in [3.05, 3.63) is 83.1 Å². The summed E-state index contributed by atoms with van der Waals surface area (Å²) in [5.74, 6) is -0.888. The summed E-state index contributed by atoms with van der Waals surface area (Å²) in [6.07, 6.45) is 3.02. The van der Waals surface area contributed by atoms with Gasteiger partial charge in [-0.1, -0.05) is 22.1 Å². The highest BCUT2D eigenvalue weighted by molar-refractivity contribution is 7.89. The number of aromatic nitrogens is 1. The zero-order valence-electron chi connectivity index (χ0n) is 17.1. The fourth-order valence-corrected chi connectivity index (χ4v) is 4.14. The highest BCUT2D eigenvalue weighted by Gasteiger charge is 2.25. The average Bonchev–Trinajstić information content (AvgIpc) is 2.79. The van der Waals surface area contributed by atoms with E-state index in [1.54, 1.807) is 36.4 Å². The summed E-state index contributed by atoms with van der Waals surface area (Å²) in [7, 11) is -1.64. The van der Waals surface area contributed by atoms with Crippen LogP contribution >= 0.6 is 11.6 Å². The van der Waals surface area contributed by atoms with E-state index >= 15 is 0 Å². The highest BCUT2D eigenvalue weighted by atomic mass is 35.5. The summed E-state index contributed by atoms with van der Waals surface area (Å²) in [6, 6.07) is 13.6. The van der Waals surface area contributed by atoms with Crippen LogP contribution < -0.4 is 10.6 Å². The Morgan fingerprint density at radius 3 is 2.12 bits per heavy atom. The minimum atomic E-state index is -4.05. The molecule has 3 rings (SSSR count). The first-order valence-electron chi connectivity index (χ1n) is 9.18. The number of hydrogen-bond acceptors (Lipinski definition) is 6. The molecule has 0 spiro atoms. The molecule has 0 atom stereocenters. The SMILES string of the molecule is CON(C)S(=O)(=O)c1cc(C(=O)Nc2cccc(NC(=O)c3ccncc3)c2)ccc1Cl. The van der Waals surface area contributed by atoms with Gasteiger partial charge in [0.2, 0.25) is 0 Å². The monoisotopic (exact) mass is 474 g/mol. The van der Waals surface area contributed by atoms with Crippen molar-refractivity contribution in [2.45, 2.75) is 4.90 Å². The van der Waals surface area contributed by atoms with Crippen LogP contribution in [-0.2, 0) is 14.9 Å². The molecule has 3 aromatic rings. The number of anilines is 2. The number of carbonyl (C=O) groups is 2. The molecule has 9 nitrogen and oxygen atoms in total. The lowest BCUT2D eigenvalue weighted by atomic mass is 10.2. The van der Waals surface area contributed by atoms with E-state index in [2.05, 4.69) is 15.6 Å². The first-order chi connectivity index (χ1) is 15.2. The number of amides is 2. The second-order valence-electron chi connectivity index (χ2n) is 6.47. The van der Waals surface area contributed by atoms with Crippen molar-refractivity contribution in [1.29, 1.82) is 0 Å². The summed E-state index contributed by atoms with van der Waals surface area (Å²) in [5.41, 5.74) is 1.37. The number of hydroxylamine groups is 1. The molecule has 0 aliphatic carbocycles. The Labute approximate surface area is 190 Å². The van der Waals surface area contributed by atoms with Crippen molar-refractivity contribution in [2.24, 2.45) is 0 Å². The molecular weight excluding hydrogens is 456 g/mol. The summed E-state index contributed by atoms with van der Waals surface area (Å²) in [5, 5.41) is 5.35. The number of pyridine rings is 1. The summed E-state index contributed by atoms with van der Waals surface area (Å²) in [6.45, 7) is 0. The predicted octanol–water partition coefficient (Wildman–Crippen LogP) is 3.42. The Hall–Kier alpha value is -3.31. The van der Waals surface area contributed by atoms with Gasteiger partial charge in [-0.25, -0.2) is 8.42 Å². The van der Waals surface area contributed by atoms with E-state index in [-0.39, 0.29) is 21.4 Å². The number of carbonyl (C=O) groups excluding carboxylic acids is 2. The first-order valence-corrected chi connectivity index (χ1v) is 11.0. The van der Waals surface area contributed by atoms with Gasteiger partial charge in [0.25, 0.3) is 21.8 Å². The van der Waals surface area contributed by atoms with Crippen LogP contribution in [0.3, 0.4) is 0 Å². The molecule has 2 amide bonds. The molecule has 0 fully saturated rings. The first kappa shape index (κ1) is 23.4. The number of benzene rings is 2. The van der Waals surface area contributed by atoms with Gasteiger partial charge in [0.15, 0.2) is 0 Å². The topological polar surface area (TPSA) is 118 Å². The van der Waals surface area contributed by atoms with Gasteiger partial charge in [-0.3, -0.25) is 19.4 Å². The van der Waals surface area contributed by atoms with Crippen LogP contribution in [0.2, 0.25) is 5.02 Å². The average molecular weight is 475 g/mol. The second kappa shape index (κ2) is 9.88. The Kier molecular flexibility index (Phi) is 7.21. The number of sulfonamides is 1. The Morgan fingerprint density at radius 2 is 1.53 bits per heavy atom. The fraction of sp³-hybridized carbons (Fsp3) is 0.0952. The third-order valence-corrected chi connectivity index (χ3v) is 6.55. The fourth-order valence-electron chi connectivity index (χ4n) is 2.66. The standard InChI is InChI=1S/C21H19ClN4O5S/c1-26(31-2)32(29,30)19-12-15(6-7-18(19)22)21(28)25-17-5-3-4-16(13-17)24-20(27)14-8-10-23-11-9-14/h3-13H,1-2H3,(H,24,27)(H,25,28). The minimum Gasteiger partial charge on any atom is -0.322 e. The molecule has 0 aliphatic rings. The van der Waals surface area contributed by atoms with E-state index in [1.807, 2.05) is 0 Å². The predicted molar refractivity (Wildman–Crippen MR) is 120 cm³/mol. The zero-order chi connectivity index (χ0) is 23.3. The molecule has 0 bridgehead atoms. The summed E-state index contributed by atoms with van der Waals surface area (Å²) < 4.78 is 25.7. The molecular formula is C21H19ClN4O5S. The van der Waals surface area contributed by atoms with E-state index in [0.717, 1.165) is 6.07 Å². The maximum absolute atomic E-state index is 12.7. The molecule has 2 N–H and O–H groups in total. The highest BCUT2D eigenvalue weighted by Crippen LogP contribution is 2.26. The number of hydrogen-bond donors (Lipinski definition) is 2. The van der Waals surface area contributed by atoms with Crippen molar-refractivity contribution < 1.29 is 22.8 Å². The molecule has 0 aliphatic heterocycles. The number of rotatable bonds is 7. The van der Waals surface area contributed by atoms with Crippen LogP contribution in [0.15, 0.2) is 71.9 Å². The molecule has 0 saturated carbocycles. The van der Waals surface area contributed by atoms with E-state index < -0.39 is 15.9 Å². The lowest BCUT2D eigenvalue weighted by Crippen LogP contribution is -2.26. The largest absolute Gasteiger partial charge is 0.322 e. The van der Waals surface area contributed by atoms with Crippen molar-refractivity contribution in [3.63, 3.8) is 0 Å². The molecule has 32 heavy (non-hydrogen) atoms. The third kappa shape index (κ3) is 5.29. The van der Waals surface area contributed by atoms with Gasteiger partial charge in [-0.05, 0) is 48.5 Å². The van der Waals surface area contributed by atoms with Crippen molar-refractivity contribution in [1.82, 2.24) is 9.45 Å². The van der Waals surface area contributed by atoms with Gasteiger partial charge >= 0.3 is 0 Å². The maximum atomic E-state index is 12.7. The number of halogens is 1. The van der Waals surface area contributed by atoms with E-state index in [0.29, 0.717) is 21.4 Å². The van der Waals surface area contributed by atoms with Gasteiger partial charge in [0.1, 0.15) is 4.90 Å². The zero-order valence-corrected chi connectivity index (χ0v) is 18.6. The molecule has 0 radical (unpaired) electrons. The molecule has 1 aromatic heterocycles. The molecule has 0 saturated heterocycles. The molecule has 11 heteroatoms. The van der Waals surface area contributed by atoms with Crippen LogP contribution in [0.4, 0.5) is 11.4 Å². The van der Waals surface area contributed by atoms with E-state index in [1.165, 1.54) is 38.7 Å². The summed E-state index contributed by atoms with van der Waals surface area (Å²) in [4.78, 5) is 33.4. The quantitative estimate of drug-likeness (QED) is 0.506. The van der Waals surface area contributed by atoms with Crippen LogP contribution in [0.25, 0.3) is 0 Å². The number of nitrogens with zero attached hydrogens (tertiary/aromatic N) is 2. The van der Waals surface area contributed by atoms with E-state index in [9.17, 15) is 18.0 Å². The maximum Gasteiger partial charge on any atom is 0.266 e. The van der Waals surface area contributed by atoms with Gasteiger partial charge in [-0.2, -0.15) is 0 Å². The van der Waals surface area contributed by atoms with Gasteiger partial charge in [0, 0.05) is 41.9 Å². The molecule has 0 unspecified atom stereocenters. The molecule has 166 valence electrons. The Bertz CT molecular complexity index is 1250. The van der Waals surface area contributed by atoms with Crippen molar-refractivity contribution in [2.75, 3.05) is 24.8 Å². The van der Waals surface area contributed by atoms with Crippen LogP contribution in [0, 0.1) is 0 Å². The smallest absolute Gasteiger partial charge is 0.266 e. The van der Waals surface area contributed by atoms with E-state index in [4.69, 9.17) is 16.4 Å². The normalized spacial score (nSPS) is 11.2. The van der Waals surface area contributed by atoms with Crippen molar-refractivity contribution in [3.8, 4) is 0 Å². The third-order valence-electron chi connectivity index (χ3n) is 4.39. The Morgan fingerprint density at radius 1 is 0.938 bits per heavy atom. The molecule has 2 aromatic carbocycles. The minimum absolute atomic E-state index is 0.0497. The van der Waals surface area contributed by atoms with Crippen LogP contribution in [0.1, 0.15) is 20.7 Å². The second-order valence-corrected chi connectivity index (χ2v) is 8.78. The lowest BCUT2D eigenvalue weighted by Gasteiger charge is -2.16. The Balaban J connectivity index is 1.79. The van der Waals surface area contributed by atoms with Crippen LogP contribution in [0.5, 0.6) is 0 Å². The van der Waals surface area contributed by atoms with Crippen molar-refractivity contribution >= 4 is 44.8 Å². The molecule has 1 heterocycles. The van der Waals surface area contributed by atoms with Gasteiger partial charge in [-0.15, -0.1) is 0 Å². The van der Waals surface area contributed by atoms with Crippen LogP contribution in [-0.4, -0.2) is 43.8 Å². The van der Waals surface area contributed by atoms with Gasteiger partial charge < -0.3 is 10.6 Å². The summed E-state index contributed by atoms with van der Waals surface area (Å²) >= 11 is 6.03. The van der Waals surface area contributed by atoms with Gasteiger partial charge in [0.05, 0.1) is 12.1 Å².